The molecule has 3 aliphatic rings. The largest absolute Gasteiger partial charge is 0.598 e. The van der Waals surface area contributed by atoms with Gasteiger partial charge in [0.2, 0.25) is 0 Å². The Kier molecular flexibility index (Phi) is 7.87. The molecule has 5 heterocycles. The van der Waals surface area contributed by atoms with Gasteiger partial charge in [0, 0.05) is 54.0 Å². The van der Waals surface area contributed by atoms with Gasteiger partial charge < -0.3 is 20.9 Å². The van der Waals surface area contributed by atoms with Crippen molar-refractivity contribution in [3.05, 3.63) is 84.3 Å². The van der Waals surface area contributed by atoms with E-state index in [4.69, 9.17) is 21.4 Å². The minimum Gasteiger partial charge on any atom is -0.598 e. The maximum atomic E-state index is 16.4. The maximum absolute atomic E-state index is 16.4. The first kappa shape index (κ1) is 30.3. The van der Waals surface area contributed by atoms with Gasteiger partial charge in [0.05, 0.1) is 23.0 Å². The number of piperidine rings is 1. The molecule has 3 aromatic heterocycles. The van der Waals surface area contributed by atoms with Crippen molar-refractivity contribution in [3.63, 3.8) is 0 Å². The van der Waals surface area contributed by atoms with Gasteiger partial charge in [-0.3, -0.25) is 4.57 Å². The number of hydrogen-bond donors (Lipinski definition) is 2. The number of fused-ring (bicyclic) bond motifs is 1. The molecule has 1 atom stereocenters. The summed E-state index contributed by atoms with van der Waals surface area (Å²) in [6.07, 6.45) is 8.60. The van der Waals surface area contributed by atoms with Crippen molar-refractivity contribution in [2.45, 2.75) is 56.5 Å². The van der Waals surface area contributed by atoms with E-state index in [1.165, 1.54) is 0 Å². The number of rotatable bonds is 6. The summed E-state index contributed by atoms with van der Waals surface area (Å²) < 4.78 is 33.1. The van der Waals surface area contributed by atoms with Crippen LogP contribution in [0, 0.1) is 5.82 Å². The Hall–Kier alpha value is -4.03. The lowest BCUT2D eigenvalue weighted by atomic mass is 9.73. The number of anilines is 2. The Morgan fingerprint density at radius 1 is 0.872 bits per heavy atom. The number of imidazole rings is 1. The average Bonchev–Trinajstić information content (AvgIpc) is 3.46. The van der Waals surface area contributed by atoms with Crippen molar-refractivity contribution in [3.8, 4) is 28.3 Å². The van der Waals surface area contributed by atoms with Gasteiger partial charge in [-0.05, 0) is 99.0 Å². The smallest absolute Gasteiger partial charge is 0.165 e. The second-order valence-electron chi connectivity index (χ2n) is 13.0. The van der Waals surface area contributed by atoms with Crippen molar-refractivity contribution < 1.29 is 8.94 Å². The second-order valence-corrected chi connectivity index (χ2v) is 14.6. The van der Waals surface area contributed by atoms with Crippen molar-refractivity contribution in [1.82, 2.24) is 23.8 Å². The highest BCUT2D eigenvalue weighted by molar-refractivity contribution is 7.89. The zero-order chi connectivity index (χ0) is 32.1. The van der Waals surface area contributed by atoms with E-state index in [1.807, 2.05) is 53.1 Å². The summed E-state index contributed by atoms with van der Waals surface area (Å²) in [6, 6.07) is 21.5. The Morgan fingerprint density at radius 3 is 2.38 bits per heavy atom. The number of nitrogens with two attached hydrogens (primary N) is 2. The molecule has 9 nitrogen and oxygen atoms in total. The van der Waals surface area contributed by atoms with Gasteiger partial charge in [0.1, 0.15) is 17.1 Å². The lowest BCUT2D eigenvalue weighted by Gasteiger charge is -2.40. The first-order chi connectivity index (χ1) is 22.9. The number of halogens is 1. The monoisotopic (exact) mass is 650 g/mol. The fourth-order valence-electron chi connectivity index (χ4n) is 7.35. The molecule has 0 spiro atoms. The van der Waals surface area contributed by atoms with E-state index >= 15 is 4.39 Å². The summed E-state index contributed by atoms with van der Waals surface area (Å²) in [7, 11) is 0. The van der Waals surface area contributed by atoms with Crippen LogP contribution in [0.2, 0.25) is 0 Å². The fourth-order valence-corrected chi connectivity index (χ4v) is 8.91. The minimum atomic E-state index is -0.898. The minimum absolute atomic E-state index is 0.276. The average molecular weight is 651 g/mol. The van der Waals surface area contributed by atoms with Crippen LogP contribution in [0.5, 0.6) is 0 Å². The molecule has 1 unspecified atom stereocenters. The van der Waals surface area contributed by atoms with Crippen LogP contribution in [0.3, 0.4) is 0 Å². The summed E-state index contributed by atoms with van der Waals surface area (Å²) in [6.45, 7) is 2.32. The number of benzene rings is 2. The van der Waals surface area contributed by atoms with Crippen LogP contribution in [0.4, 0.5) is 15.9 Å². The third-order valence-corrected chi connectivity index (χ3v) is 11.8. The molecule has 2 saturated heterocycles. The van der Waals surface area contributed by atoms with Crippen molar-refractivity contribution in [1.29, 1.82) is 0 Å². The molecule has 47 heavy (non-hydrogen) atoms. The van der Waals surface area contributed by atoms with Crippen molar-refractivity contribution >= 4 is 34.0 Å². The summed E-state index contributed by atoms with van der Waals surface area (Å²) in [5, 5.41) is 0. The van der Waals surface area contributed by atoms with Crippen LogP contribution in [0.25, 0.3) is 39.5 Å². The molecule has 0 bridgehead atoms. The first-order valence-electron chi connectivity index (χ1n) is 16.6. The number of nitrogens with zero attached hydrogens (tertiary/aromatic N) is 6. The highest BCUT2D eigenvalue weighted by atomic mass is 32.2. The van der Waals surface area contributed by atoms with Crippen LogP contribution in [-0.4, -0.2) is 59.8 Å². The summed E-state index contributed by atoms with van der Waals surface area (Å²) in [5.74, 6) is 1.44. The van der Waals surface area contributed by atoms with E-state index in [1.54, 1.807) is 12.3 Å². The van der Waals surface area contributed by atoms with E-state index in [-0.39, 0.29) is 17.4 Å². The molecule has 0 radical (unpaired) electrons. The molecule has 0 amide bonds. The van der Waals surface area contributed by atoms with Gasteiger partial charge in [-0.2, -0.15) is 0 Å². The van der Waals surface area contributed by atoms with Crippen molar-refractivity contribution in [2.75, 3.05) is 36.0 Å². The summed E-state index contributed by atoms with van der Waals surface area (Å²) >= 11 is -0.898. The van der Waals surface area contributed by atoms with E-state index < -0.39 is 11.4 Å². The van der Waals surface area contributed by atoms with Gasteiger partial charge in [-0.15, -0.1) is 4.31 Å². The predicted molar refractivity (Wildman–Crippen MR) is 186 cm³/mol. The van der Waals surface area contributed by atoms with Crippen LogP contribution >= 0.6 is 0 Å². The van der Waals surface area contributed by atoms with E-state index in [2.05, 4.69) is 26.3 Å². The highest BCUT2D eigenvalue weighted by Crippen LogP contribution is 2.40. The standard InChI is InChI=1S/C36H39FN8OS/c37-32-27(6-3-8-31(32)43-21-15-25(16-22-43)44-20-1-2-23-47(44)46)29-13-14-30-35(41-29)45(34(42-30)28-7-4-19-40-33(28)38)26-11-9-24(10-12-26)36(39)17-5-18-36/h3-4,6-14,19,25H,1-2,5,15-18,20-23,39H2,(H2,38,40). The Labute approximate surface area is 277 Å². The molecule has 2 aromatic carbocycles. The molecular weight excluding hydrogens is 612 g/mol. The van der Waals surface area contributed by atoms with Gasteiger partial charge >= 0.3 is 0 Å². The maximum Gasteiger partial charge on any atom is 0.165 e. The Balaban J connectivity index is 1.15. The van der Waals surface area contributed by atoms with Gasteiger partial charge in [-0.1, -0.05) is 18.2 Å². The quantitative estimate of drug-likeness (QED) is 0.217. The third-order valence-electron chi connectivity index (χ3n) is 10.2. The zero-order valence-corrected chi connectivity index (χ0v) is 27.1. The molecule has 5 aromatic rings. The zero-order valence-electron chi connectivity index (χ0n) is 26.3. The predicted octanol–water partition coefficient (Wildman–Crippen LogP) is 5.94. The van der Waals surface area contributed by atoms with Gasteiger partial charge in [-0.25, -0.2) is 19.3 Å². The lowest BCUT2D eigenvalue weighted by Crippen LogP contribution is -2.50. The van der Waals surface area contributed by atoms with Gasteiger partial charge in [0.15, 0.2) is 17.3 Å². The fraction of sp³-hybridized carbons (Fsp3) is 0.361. The second kappa shape index (κ2) is 12.2. The van der Waals surface area contributed by atoms with Gasteiger partial charge in [0.25, 0.3) is 0 Å². The SMILES string of the molecule is Nc1ncccc1-c1nc2ccc(-c3cccc(N4CCC(N5CCCC[S+]5[O-])CC4)c3F)nc2n1-c1ccc(C2(N)CCC2)cc1. The first-order valence-corrected chi connectivity index (χ1v) is 17.9. The summed E-state index contributed by atoms with van der Waals surface area (Å²) in [4.78, 5) is 16.4. The van der Waals surface area contributed by atoms with E-state index in [0.29, 0.717) is 58.4 Å². The Morgan fingerprint density at radius 2 is 1.66 bits per heavy atom. The van der Waals surface area contributed by atoms with E-state index in [0.717, 1.165) is 68.5 Å². The molecule has 2 aliphatic heterocycles. The molecule has 11 heteroatoms. The van der Waals surface area contributed by atoms with Crippen LogP contribution in [0.1, 0.15) is 50.5 Å². The topological polar surface area (TPSA) is 125 Å². The van der Waals surface area contributed by atoms with Crippen LogP contribution < -0.4 is 16.4 Å². The molecule has 8 rings (SSSR count). The molecule has 3 fully saturated rings. The number of pyridine rings is 2. The number of nitrogen functional groups attached to an aromatic ring is 1. The molecular formula is C36H39FN8OS. The summed E-state index contributed by atoms with van der Waals surface area (Å²) in [5.41, 5.74) is 18.1. The normalized spacial score (nSPS) is 20.4. The van der Waals surface area contributed by atoms with Crippen LogP contribution in [-0.2, 0) is 16.9 Å². The van der Waals surface area contributed by atoms with E-state index in [9.17, 15) is 4.55 Å². The van der Waals surface area contributed by atoms with Crippen LogP contribution in [0.15, 0.2) is 72.9 Å². The lowest BCUT2D eigenvalue weighted by molar-refractivity contribution is 0.253. The number of aromatic nitrogens is 4. The van der Waals surface area contributed by atoms with Crippen molar-refractivity contribution in [2.24, 2.45) is 5.73 Å². The third kappa shape index (κ3) is 5.44. The molecule has 4 N–H and O–H groups in total. The molecule has 242 valence electrons. The molecule has 1 saturated carbocycles. The Bertz CT molecular complexity index is 1920. The highest BCUT2D eigenvalue weighted by Gasteiger charge is 2.35. The molecule has 1 aliphatic carbocycles. The number of hydrogen-bond acceptors (Lipinski definition) is 8.